The summed E-state index contributed by atoms with van der Waals surface area (Å²) in [4.78, 5) is 24.8. The SMILES string of the molecule is COC(=O)[C@@H](Cc1cccc(Br)c1)NC(=O)c1ccc2ccccc2c1. The molecule has 4 nitrogen and oxygen atoms in total. The molecule has 3 aromatic rings. The van der Waals surface area contributed by atoms with E-state index in [9.17, 15) is 9.59 Å². The zero-order chi connectivity index (χ0) is 18.5. The molecular weight excluding hydrogens is 394 g/mol. The molecule has 0 aromatic heterocycles. The van der Waals surface area contributed by atoms with Gasteiger partial charge in [-0.05, 0) is 40.6 Å². The van der Waals surface area contributed by atoms with Crippen LogP contribution < -0.4 is 5.32 Å². The average Bonchev–Trinajstić information content (AvgIpc) is 2.66. The number of methoxy groups -OCH3 is 1. The van der Waals surface area contributed by atoms with E-state index in [-0.39, 0.29) is 5.91 Å². The van der Waals surface area contributed by atoms with Crippen molar-refractivity contribution < 1.29 is 14.3 Å². The molecule has 0 aliphatic heterocycles. The van der Waals surface area contributed by atoms with Crippen molar-refractivity contribution in [3.05, 3.63) is 82.3 Å². The fourth-order valence-electron chi connectivity index (χ4n) is 2.81. The molecule has 0 heterocycles. The summed E-state index contributed by atoms with van der Waals surface area (Å²) in [6, 6.07) is 20.1. The second-order valence-corrected chi connectivity index (χ2v) is 6.86. The Balaban J connectivity index is 1.80. The van der Waals surface area contributed by atoms with Crippen LogP contribution in [0.4, 0.5) is 0 Å². The zero-order valence-electron chi connectivity index (χ0n) is 14.2. The number of esters is 1. The Morgan fingerprint density at radius 2 is 1.77 bits per heavy atom. The van der Waals surface area contributed by atoms with Crippen LogP contribution in [-0.4, -0.2) is 25.0 Å². The Bertz CT molecular complexity index is 955. The third kappa shape index (κ3) is 4.29. The Kier molecular flexibility index (Phi) is 5.68. The summed E-state index contributed by atoms with van der Waals surface area (Å²) in [7, 11) is 1.32. The molecule has 0 bridgehead atoms. The van der Waals surface area contributed by atoms with Crippen molar-refractivity contribution in [2.45, 2.75) is 12.5 Å². The van der Waals surface area contributed by atoms with E-state index in [4.69, 9.17) is 4.74 Å². The van der Waals surface area contributed by atoms with Crippen LogP contribution in [0.15, 0.2) is 71.2 Å². The summed E-state index contributed by atoms with van der Waals surface area (Å²) in [5.74, 6) is -0.778. The van der Waals surface area contributed by atoms with E-state index in [0.717, 1.165) is 20.8 Å². The monoisotopic (exact) mass is 411 g/mol. The molecule has 1 amide bonds. The number of halogens is 1. The molecule has 0 spiro atoms. The van der Waals surface area contributed by atoms with Crippen LogP contribution in [-0.2, 0) is 16.0 Å². The molecule has 0 aliphatic rings. The van der Waals surface area contributed by atoms with E-state index >= 15 is 0 Å². The lowest BCUT2D eigenvalue weighted by Gasteiger charge is -2.17. The van der Waals surface area contributed by atoms with Gasteiger partial charge in [0.15, 0.2) is 0 Å². The number of hydrogen-bond donors (Lipinski definition) is 1. The van der Waals surface area contributed by atoms with Gasteiger partial charge in [-0.1, -0.05) is 58.4 Å². The Labute approximate surface area is 160 Å². The molecule has 0 radical (unpaired) electrons. The van der Waals surface area contributed by atoms with Gasteiger partial charge >= 0.3 is 5.97 Å². The van der Waals surface area contributed by atoms with Gasteiger partial charge in [-0.2, -0.15) is 0 Å². The van der Waals surface area contributed by atoms with E-state index in [1.165, 1.54) is 7.11 Å². The highest BCUT2D eigenvalue weighted by Gasteiger charge is 2.22. The Morgan fingerprint density at radius 3 is 2.50 bits per heavy atom. The van der Waals surface area contributed by atoms with E-state index in [0.29, 0.717) is 12.0 Å². The second kappa shape index (κ2) is 8.15. The number of carbonyl (C=O) groups is 2. The van der Waals surface area contributed by atoms with Crippen LogP contribution in [0.1, 0.15) is 15.9 Å². The summed E-state index contributed by atoms with van der Waals surface area (Å²) in [5, 5.41) is 4.82. The van der Waals surface area contributed by atoms with Crippen LogP contribution in [0.3, 0.4) is 0 Å². The van der Waals surface area contributed by atoms with Crippen molar-refractivity contribution >= 4 is 38.6 Å². The fourth-order valence-corrected chi connectivity index (χ4v) is 3.25. The Hall–Kier alpha value is -2.66. The normalized spacial score (nSPS) is 11.8. The molecular formula is C21H18BrNO3. The lowest BCUT2D eigenvalue weighted by atomic mass is 10.0. The first-order valence-corrected chi connectivity index (χ1v) is 8.98. The zero-order valence-corrected chi connectivity index (χ0v) is 15.8. The fraction of sp³-hybridized carbons (Fsp3) is 0.143. The Morgan fingerprint density at radius 1 is 1.00 bits per heavy atom. The minimum Gasteiger partial charge on any atom is -0.467 e. The van der Waals surface area contributed by atoms with Gasteiger partial charge in [-0.3, -0.25) is 4.79 Å². The first-order valence-electron chi connectivity index (χ1n) is 8.19. The largest absolute Gasteiger partial charge is 0.467 e. The minimum atomic E-state index is -0.756. The number of rotatable bonds is 5. The van der Waals surface area contributed by atoms with E-state index in [2.05, 4.69) is 21.2 Å². The predicted molar refractivity (Wildman–Crippen MR) is 105 cm³/mol. The number of amides is 1. The maximum atomic E-state index is 12.6. The molecule has 0 aliphatic carbocycles. The molecule has 0 unspecified atom stereocenters. The highest BCUT2D eigenvalue weighted by Crippen LogP contribution is 2.17. The van der Waals surface area contributed by atoms with Gasteiger partial charge in [-0.15, -0.1) is 0 Å². The van der Waals surface area contributed by atoms with Gasteiger partial charge < -0.3 is 10.1 Å². The maximum absolute atomic E-state index is 12.6. The quantitative estimate of drug-likeness (QED) is 0.642. The van der Waals surface area contributed by atoms with Gasteiger partial charge in [0, 0.05) is 16.5 Å². The van der Waals surface area contributed by atoms with Crippen molar-refractivity contribution in [1.29, 1.82) is 0 Å². The third-order valence-electron chi connectivity index (χ3n) is 4.13. The number of nitrogens with one attached hydrogen (secondary N) is 1. The lowest BCUT2D eigenvalue weighted by molar-refractivity contribution is -0.142. The smallest absolute Gasteiger partial charge is 0.328 e. The van der Waals surface area contributed by atoms with E-state index in [1.807, 2.05) is 60.7 Å². The topological polar surface area (TPSA) is 55.4 Å². The summed E-state index contributed by atoms with van der Waals surface area (Å²) >= 11 is 3.41. The highest BCUT2D eigenvalue weighted by atomic mass is 79.9. The molecule has 3 aromatic carbocycles. The lowest BCUT2D eigenvalue weighted by Crippen LogP contribution is -2.43. The van der Waals surface area contributed by atoms with Crippen LogP contribution in [0, 0.1) is 0 Å². The summed E-state index contributed by atoms with van der Waals surface area (Å²) in [6.45, 7) is 0. The molecule has 5 heteroatoms. The van der Waals surface area contributed by atoms with Crippen molar-refractivity contribution in [2.75, 3.05) is 7.11 Å². The van der Waals surface area contributed by atoms with Crippen molar-refractivity contribution in [2.24, 2.45) is 0 Å². The molecule has 3 rings (SSSR count). The standard InChI is InChI=1S/C21H18BrNO3/c1-26-21(25)19(12-14-5-4-8-18(22)11-14)23-20(24)17-10-9-15-6-2-3-7-16(15)13-17/h2-11,13,19H,12H2,1H3,(H,23,24)/t19-/m1/s1. The second-order valence-electron chi connectivity index (χ2n) is 5.95. The van der Waals surface area contributed by atoms with Crippen molar-refractivity contribution in [3.63, 3.8) is 0 Å². The predicted octanol–water partition coefficient (Wildman–Crippen LogP) is 4.12. The molecule has 0 saturated heterocycles. The summed E-state index contributed by atoms with van der Waals surface area (Å²) in [6.07, 6.45) is 0.353. The van der Waals surface area contributed by atoms with E-state index in [1.54, 1.807) is 6.07 Å². The molecule has 132 valence electrons. The van der Waals surface area contributed by atoms with Gasteiger partial charge in [0.1, 0.15) is 6.04 Å². The molecule has 1 N–H and O–H groups in total. The van der Waals surface area contributed by atoms with Gasteiger partial charge in [0.05, 0.1) is 7.11 Å². The molecule has 26 heavy (non-hydrogen) atoms. The maximum Gasteiger partial charge on any atom is 0.328 e. The van der Waals surface area contributed by atoms with Gasteiger partial charge in [-0.25, -0.2) is 4.79 Å². The number of carbonyl (C=O) groups excluding carboxylic acids is 2. The molecule has 1 atom stereocenters. The molecule has 0 fully saturated rings. The third-order valence-corrected chi connectivity index (χ3v) is 4.62. The number of hydrogen-bond acceptors (Lipinski definition) is 3. The van der Waals surface area contributed by atoms with Crippen LogP contribution >= 0.6 is 15.9 Å². The number of fused-ring (bicyclic) bond motifs is 1. The van der Waals surface area contributed by atoms with Gasteiger partial charge in [0.2, 0.25) is 0 Å². The number of ether oxygens (including phenoxy) is 1. The number of benzene rings is 3. The molecule has 0 saturated carbocycles. The van der Waals surface area contributed by atoms with Crippen molar-refractivity contribution in [1.82, 2.24) is 5.32 Å². The van der Waals surface area contributed by atoms with Crippen LogP contribution in [0.5, 0.6) is 0 Å². The summed E-state index contributed by atoms with van der Waals surface area (Å²) < 4.78 is 5.77. The minimum absolute atomic E-state index is 0.304. The highest BCUT2D eigenvalue weighted by molar-refractivity contribution is 9.10. The summed E-state index contributed by atoms with van der Waals surface area (Å²) in [5.41, 5.74) is 1.43. The van der Waals surface area contributed by atoms with E-state index < -0.39 is 12.0 Å². The van der Waals surface area contributed by atoms with Crippen LogP contribution in [0.2, 0.25) is 0 Å². The first kappa shape index (κ1) is 18.1. The van der Waals surface area contributed by atoms with Crippen LogP contribution in [0.25, 0.3) is 10.8 Å². The first-order chi connectivity index (χ1) is 12.6. The van der Waals surface area contributed by atoms with Crippen molar-refractivity contribution in [3.8, 4) is 0 Å². The average molecular weight is 412 g/mol. The van der Waals surface area contributed by atoms with Gasteiger partial charge in [0.25, 0.3) is 5.91 Å².